The van der Waals surface area contributed by atoms with E-state index in [-0.39, 0.29) is 23.9 Å². The van der Waals surface area contributed by atoms with Gasteiger partial charge < -0.3 is 19.6 Å². The smallest absolute Gasteiger partial charge is 0.409 e. The molecule has 2 amide bonds. The molecule has 2 heterocycles. The van der Waals surface area contributed by atoms with Crippen molar-refractivity contribution in [3.63, 3.8) is 0 Å². The summed E-state index contributed by atoms with van der Waals surface area (Å²) in [4.78, 5) is 56.3. The van der Waals surface area contributed by atoms with Crippen LogP contribution in [-0.2, 0) is 4.74 Å². The van der Waals surface area contributed by atoms with Crippen LogP contribution < -0.4 is 15.5 Å². The van der Waals surface area contributed by atoms with Crippen LogP contribution in [0, 0.1) is 11.6 Å². The maximum Gasteiger partial charge on any atom is 0.409 e. The van der Waals surface area contributed by atoms with Crippen LogP contribution in [0.3, 0.4) is 0 Å². The van der Waals surface area contributed by atoms with Crippen molar-refractivity contribution in [1.82, 2.24) is 24.7 Å². The summed E-state index contributed by atoms with van der Waals surface area (Å²) < 4.78 is 34.6. The van der Waals surface area contributed by atoms with Crippen LogP contribution in [0.2, 0.25) is 0 Å². The molecule has 1 aliphatic heterocycles. The Morgan fingerprint density at radius 1 is 1.00 bits per heavy atom. The van der Waals surface area contributed by atoms with Crippen molar-refractivity contribution in [1.29, 1.82) is 0 Å². The highest BCUT2D eigenvalue weighted by atomic mass is 19.1. The highest BCUT2D eigenvalue weighted by Gasteiger charge is 2.33. The Morgan fingerprint density at radius 3 is 2.30 bits per heavy atom. The molecule has 2 aromatic carbocycles. The Bertz CT molecular complexity index is 1560. The Hall–Kier alpha value is -4.82. The second-order valence-electron chi connectivity index (χ2n) is 10.3. The number of para-hydroxylation sites is 1. The Labute approximate surface area is 244 Å². The van der Waals surface area contributed by atoms with Gasteiger partial charge in [-0.1, -0.05) is 25.3 Å². The van der Waals surface area contributed by atoms with E-state index in [9.17, 15) is 33.1 Å². The molecule has 15 heteroatoms. The van der Waals surface area contributed by atoms with E-state index in [1.165, 1.54) is 11.0 Å². The topological polar surface area (TPSA) is 143 Å². The minimum atomic E-state index is -1.22. The zero-order valence-corrected chi connectivity index (χ0v) is 23.5. The third-order valence-corrected chi connectivity index (χ3v) is 7.69. The fourth-order valence-corrected chi connectivity index (χ4v) is 5.58. The Morgan fingerprint density at radius 2 is 1.67 bits per heavy atom. The molecule has 0 spiro atoms. The Balaban J connectivity index is 1.49. The number of carbonyl (C=O) groups excluding carboxylic acids is 2. The van der Waals surface area contributed by atoms with Crippen LogP contribution >= 0.6 is 0 Å². The van der Waals surface area contributed by atoms with Crippen LogP contribution in [0.4, 0.5) is 29.7 Å². The molecule has 1 aliphatic carbocycles. The molecule has 1 saturated carbocycles. The number of carboxylic acid groups (broad SMARTS) is 1. The summed E-state index contributed by atoms with van der Waals surface area (Å²) in [5, 5.41) is 17.3. The van der Waals surface area contributed by atoms with E-state index in [0.717, 1.165) is 37.5 Å². The predicted octanol–water partition coefficient (Wildman–Crippen LogP) is 3.49. The zero-order chi connectivity index (χ0) is 30.7. The van der Waals surface area contributed by atoms with Gasteiger partial charge in [0.05, 0.1) is 17.9 Å². The summed E-state index contributed by atoms with van der Waals surface area (Å²) in [6.07, 6.45) is 3.34. The number of aromatic nitrogens is 4. The van der Waals surface area contributed by atoms with Gasteiger partial charge >= 0.3 is 23.8 Å². The highest BCUT2D eigenvalue weighted by Crippen LogP contribution is 2.32. The quantitative estimate of drug-likeness (QED) is 0.421. The molecule has 2 fully saturated rings. The first-order chi connectivity index (χ1) is 20.7. The van der Waals surface area contributed by atoms with E-state index in [4.69, 9.17) is 4.74 Å². The van der Waals surface area contributed by atoms with Crippen LogP contribution in [0.1, 0.15) is 49.4 Å². The van der Waals surface area contributed by atoms with Gasteiger partial charge in [-0.15, -0.1) is 4.68 Å². The lowest BCUT2D eigenvalue weighted by Gasteiger charge is -2.37. The van der Waals surface area contributed by atoms with E-state index in [1.807, 2.05) is 4.90 Å². The molecule has 0 radical (unpaired) electrons. The standard InChI is InChI=1S/C28H31F2N7O6/c1-2-43-28(42)34-15-13-33(14-16-34)23-12-11-19(17-20(23)25(38)39)35(18-7-4-3-5-8-18)26(40)37-27(41)36(31-32-37)24-21(29)9-6-10-22(24)30/h6,9-12,17-18H,2-5,7-8,13-16H2,1H3,(H,38,39). The number of ether oxygens (including phenoxy) is 1. The van der Waals surface area contributed by atoms with Crippen molar-refractivity contribution in [3.05, 3.63) is 64.1 Å². The fraction of sp³-hybridized carbons (Fsp3) is 0.429. The lowest BCUT2D eigenvalue weighted by molar-refractivity contribution is 0.0696. The monoisotopic (exact) mass is 599 g/mol. The van der Waals surface area contributed by atoms with E-state index in [0.29, 0.717) is 54.1 Å². The molecular weight excluding hydrogens is 568 g/mol. The van der Waals surface area contributed by atoms with E-state index in [2.05, 4.69) is 10.4 Å². The van der Waals surface area contributed by atoms with Gasteiger partial charge in [-0.05, 0) is 60.5 Å². The minimum Gasteiger partial charge on any atom is -0.478 e. The molecule has 228 valence electrons. The number of piperazine rings is 1. The molecule has 0 unspecified atom stereocenters. The maximum absolute atomic E-state index is 14.4. The van der Waals surface area contributed by atoms with Gasteiger partial charge in [0, 0.05) is 37.9 Å². The number of hydrogen-bond acceptors (Lipinski definition) is 8. The van der Waals surface area contributed by atoms with Crippen molar-refractivity contribution in [3.8, 4) is 5.69 Å². The molecule has 5 rings (SSSR count). The van der Waals surface area contributed by atoms with E-state index in [1.54, 1.807) is 24.0 Å². The van der Waals surface area contributed by atoms with Crippen LogP contribution in [-0.4, -0.2) is 86.7 Å². The molecule has 13 nitrogen and oxygen atoms in total. The number of halogens is 2. The number of carboxylic acids is 1. The number of hydrogen-bond donors (Lipinski definition) is 1. The fourth-order valence-electron chi connectivity index (χ4n) is 5.58. The number of amides is 2. The van der Waals surface area contributed by atoms with Gasteiger partial charge in [-0.2, -0.15) is 4.68 Å². The number of benzene rings is 2. The average Bonchev–Trinajstić information content (AvgIpc) is 3.38. The summed E-state index contributed by atoms with van der Waals surface area (Å²) in [5.74, 6) is -3.34. The Kier molecular flexibility index (Phi) is 8.68. The first-order valence-corrected chi connectivity index (χ1v) is 14.1. The summed E-state index contributed by atoms with van der Waals surface area (Å²) in [6.45, 7) is 3.39. The van der Waals surface area contributed by atoms with Crippen molar-refractivity contribution in [2.75, 3.05) is 42.6 Å². The van der Waals surface area contributed by atoms with Gasteiger partial charge in [-0.3, -0.25) is 4.90 Å². The van der Waals surface area contributed by atoms with Crippen molar-refractivity contribution < 1.29 is 33.0 Å². The van der Waals surface area contributed by atoms with Crippen molar-refractivity contribution in [2.24, 2.45) is 0 Å². The van der Waals surface area contributed by atoms with Gasteiger partial charge in [0.1, 0.15) is 5.69 Å². The highest BCUT2D eigenvalue weighted by molar-refractivity contribution is 5.99. The molecular formula is C28H31F2N7O6. The van der Waals surface area contributed by atoms with Gasteiger partial charge in [0.2, 0.25) is 0 Å². The molecule has 1 saturated heterocycles. The summed E-state index contributed by atoms with van der Waals surface area (Å²) in [6, 6.07) is 6.28. The zero-order valence-electron chi connectivity index (χ0n) is 23.5. The predicted molar refractivity (Wildman–Crippen MR) is 150 cm³/mol. The largest absolute Gasteiger partial charge is 0.478 e. The normalized spacial score (nSPS) is 15.8. The third-order valence-electron chi connectivity index (χ3n) is 7.69. The van der Waals surface area contributed by atoms with E-state index >= 15 is 0 Å². The number of anilines is 2. The first-order valence-electron chi connectivity index (χ1n) is 14.1. The molecule has 0 bridgehead atoms. The SMILES string of the molecule is CCOC(=O)N1CCN(c2ccc(N(C(=O)n3nnn(-c4c(F)cccc4F)c3=O)C3CCCCC3)cc2C(=O)O)CC1. The molecule has 1 N–H and O–H groups in total. The molecule has 2 aliphatic rings. The lowest BCUT2D eigenvalue weighted by Crippen LogP contribution is -2.49. The summed E-state index contributed by atoms with van der Waals surface area (Å²) >= 11 is 0. The molecule has 0 atom stereocenters. The lowest BCUT2D eigenvalue weighted by atomic mass is 9.93. The molecule has 1 aromatic heterocycles. The number of tetrazole rings is 1. The van der Waals surface area contributed by atoms with Gasteiger partial charge in [0.15, 0.2) is 11.6 Å². The average molecular weight is 600 g/mol. The third kappa shape index (κ3) is 5.92. The van der Waals surface area contributed by atoms with Crippen molar-refractivity contribution >= 4 is 29.5 Å². The van der Waals surface area contributed by atoms with E-state index < -0.39 is 41.1 Å². The second kappa shape index (κ2) is 12.6. The molecule has 3 aromatic rings. The number of carbonyl (C=O) groups is 3. The first kappa shape index (κ1) is 29.7. The van der Waals surface area contributed by atoms with Crippen LogP contribution in [0.25, 0.3) is 5.69 Å². The second-order valence-corrected chi connectivity index (χ2v) is 10.3. The maximum atomic E-state index is 14.4. The van der Waals surface area contributed by atoms with Gasteiger partial charge in [0.25, 0.3) is 0 Å². The van der Waals surface area contributed by atoms with Gasteiger partial charge in [-0.25, -0.2) is 28.0 Å². The van der Waals surface area contributed by atoms with Crippen LogP contribution in [0.5, 0.6) is 0 Å². The number of nitrogens with zero attached hydrogens (tertiary/aromatic N) is 7. The summed E-state index contributed by atoms with van der Waals surface area (Å²) in [7, 11) is 0. The minimum absolute atomic E-state index is 0.0693. The van der Waals surface area contributed by atoms with Crippen LogP contribution in [0.15, 0.2) is 41.2 Å². The van der Waals surface area contributed by atoms with Crippen molar-refractivity contribution in [2.45, 2.75) is 45.1 Å². The molecule has 43 heavy (non-hydrogen) atoms. The number of rotatable bonds is 6. The summed E-state index contributed by atoms with van der Waals surface area (Å²) in [5.41, 5.74) is -1.38. The number of aromatic carboxylic acids is 1.